The van der Waals surface area contributed by atoms with Crippen molar-refractivity contribution in [3.05, 3.63) is 22.8 Å². The van der Waals surface area contributed by atoms with Gasteiger partial charge in [0, 0.05) is 24.5 Å². The fourth-order valence-electron chi connectivity index (χ4n) is 1.31. The van der Waals surface area contributed by atoms with Gasteiger partial charge in [0.1, 0.15) is 5.82 Å². The first-order valence-electron chi connectivity index (χ1n) is 5.78. The molecule has 0 aliphatic carbocycles. The number of nitrogens with zero attached hydrogens (tertiary/aromatic N) is 1. The van der Waals surface area contributed by atoms with Crippen LogP contribution >= 0.6 is 23.4 Å². The second-order valence-electron chi connectivity index (χ2n) is 3.84. The Morgan fingerprint density at radius 3 is 2.94 bits per heavy atom. The minimum atomic E-state index is -0.164. The second-order valence-corrected chi connectivity index (χ2v) is 5.52. The number of halogens is 1. The Balaban J connectivity index is 2.74. The van der Waals surface area contributed by atoms with Crippen LogP contribution in [0.4, 0.5) is 5.82 Å². The van der Waals surface area contributed by atoms with Crippen molar-refractivity contribution in [1.82, 2.24) is 10.3 Å². The van der Waals surface area contributed by atoms with Crippen molar-refractivity contribution < 1.29 is 4.79 Å². The van der Waals surface area contributed by atoms with E-state index in [1.807, 2.05) is 13.2 Å². The summed E-state index contributed by atoms with van der Waals surface area (Å²) >= 11 is 7.69. The van der Waals surface area contributed by atoms with Crippen LogP contribution in [-0.4, -0.2) is 35.5 Å². The van der Waals surface area contributed by atoms with E-state index in [2.05, 4.69) is 22.5 Å². The summed E-state index contributed by atoms with van der Waals surface area (Å²) in [7, 11) is 0. The van der Waals surface area contributed by atoms with Gasteiger partial charge < -0.3 is 10.6 Å². The molecule has 0 aliphatic rings. The maximum Gasteiger partial charge on any atom is 0.253 e. The van der Waals surface area contributed by atoms with Crippen LogP contribution in [0.25, 0.3) is 0 Å². The van der Waals surface area contributed by atoms with Crippen molar-refractivity contribution in [3.63, 3.8) is 0 Å². The van der Waals surface area contributed by atoms with Crippen LogP contribution in [0.2, 0.25) is 5.02 Å². The van der Waals surface area contributed by atoms with E-state index in [9.17, 15) is 4.79 Å². The molecule has 0 spiro atoms. The summed E-state index contributed by atoms with van der Waals surface area (Å²) in [5, 5.41) is 6.66. The molecule has 1 unspecified atom stereocenters. The van der Waals surface area contributed by atoms with Gasteiger partial charge in [-0.15, -0.1) is 0 Å². The smallest absolute Gasteiger partial charge is 0.253 e. The summed E-state index contributed by atoms with van der Waals surface area (Å²) in [6.07, 6.45) is 3.51. The molecule has 1 rings (SSSR count). The molecular weight excluding hydrogens is 270 g/mol. The van der Waals surface area contributed by atoms with Gasteiger partial charge in [-0.1, -0.05) is 18.5 Å². The van der Waals surface area contributed by atoms with Crippen LogP contribution < -0.4 is 10.6 Å². The molecule has 4 nitrogen and oxygen atoms in total. The SMILES string of the molecule is CCNc1cc(C(=O)NCC(C)SC)c(Cl)cn1. The van der Waals surface area contributed by atoms with Gasteiger partial charge in [0.15, 0.2) is 0 Å². The average Bonchev–Trinajstić information content (AvgIpc) is 2.38. The summed E-state index contributed by atoms with van der Waals surface area (Å²) < 4.78 is 0. The van der Waals surface area contributed by atoms with Crippen LogP contribution in [0.3, 0.4) is 0 Å². The van der Waals surface area contributed by atoms with Crippen molar-refractivity contribution in [2.45, 2.75) is 19.1 Å². The quantitative estimate of drug-likeness (QED) is 0.845. The summed E-state index contributed by atoms with van der Waals surface area (Å²) in [6, 6.07) is 1.67. The van der Waals surface area contributed by atoms with Crippen LogP contribution in [0.1, 0.15) is 24.2 Å². The second kappa shape index (κ2) is 7.48. The molecule has 1 aromatic heterocycles. The van der Waals surface area contributed by atoms with E-state index in [-0.39, 0.29) is 5.91 Å². The third-order valence-corrected chi connectivity index (χ3v) is 3.68. The topological polar surface area (TPSA) is 54.0 Å². The highest BCUT2D eigenvalue weighted by Crippen LogP contribution is 2.18. The van der Waals surface area contributed by atoms with Gasteiger partial charge >= 0.3 is 0 Å². The molecule has 0 aromatic carbocycles. The molecule has 100 valence electrons. The molecule has 1 aromatic rings. The number of carbonyl (C=O) groups excluding carboxylic acids is 1. The summed E-state index contributed by atoms with van der Waals surface area (Å²) in [5.41, 5.74) is 0.455. The van der Waals surface area contributed by atoms with Gasteiger partial charge in [-0.3, -0.25) is 4.79 Å². The first-order valence-corrected chi connectivity index (χ1v) is 7.45. The van der Waals surface area contributed by atoms with Gasteiger partial charge in [-0.2, -0.15) is 11.8 Å². The van der Waals surface area contributed by atoms with E-state index in [4.69, 9.17) is 11.6 Å². The molecular formula is C12H18ClN3OS. The van der Waals surface area contributed by atoms with Crippen LogP contribution in [0.5, 0.6) is 0 Å². The lowest BCUT2D eigenvalue weighted by Crippen LogP contribution is -2.29. The lowest BCUT2D eigenvalue weighted by atomic mass is 10.2. The largest absolute Gasteiger partial charge is 0.370 e. The fraction of sp³-hybridized carbons (Fsp3) is 0.500. The Labute approximate surface area is 117 Å². The molecule has 1 amide bonds. The monoisotopic (exact) mass is 287 g/mol. The molecule has 0 saturated heterocycles. The maximum atomic E-state index is 12.0. The molecule has 0 saturated carbocycles. The van der Waals surface area contributed by atoms with Gasteiger partial charge in [-0.25, -0.2) is 4.98 Å². The molecule has 0 radical (unpaired) electrons. The number of pyridine rings is 1. The van der Waals surface area contributed by atoms with E-state index < -0.39 is 0 Å². The van der Waals surface area contributed by atoms with Crippen molar-refractivity contribution in [3.8, 4) is 0 Å². The van der Waals surface area contributed by atoms with E-state index in [1.54, 1.807) is 17.8 Å². The molecule has 6 heteroatoms. The Kier molecular flexibility index (Phi) is 6.29. The average molecular weight is 288 g/mol. The highest BCUT2D eigenvalue weighted by Gasteiger charge is 2.12. The minimum absolute atomic E-state index is 0.164. The molecule has 0 aliphatic heterocycles. The van der Waals surface area contributed by atoms with Crippen LogP contribution in [0.15, 0.2) is 12.3 Å². The van der Waals surface area contributed by atoms with E-state index >= 15 is 0 Å². The number of anilines is 1. The molecule has 0 bridgehead atoms. The van der Waals surface area contributed by atoms with Crippen molar-refractivity contribution >= 4 is 35.1 Å². The van der Waals surface area contributed by atoms with Gasteiger partial charge in [-0.05, 0) is 19.2 Å². The Bertz CT molecular complexity index is 414. The first-order chi connectivity index (χ1) is 8.58. The molecule has 18 heavy (non-hydrogen) atoms. The third-order valence-electron chi connectivity index (χ3n) is 2.41. The van der Waals surface area contributed by atoms with Gasteiger partial charge in [0.2, 0.25) is 0 Å². The highest BCUT2D eigenvalue weighted by atomic mass is 35.5. The normalized spacial score (nSPS) is 12.0. The lowest BCUT2D eigenvalue weighted by molar-refractivity contribution is 0.0954. The fourth-order valence-corrected chi connectivity index (χ4v) is 1.74. The molecule has 2 N–H and O–H groups in total. The molecule has 1 heterocycles. The maximum absolute atomic E-state index is 12.0. The lowest BCUT2D eigenvalue weighted by Gasteiger charge is -2.11. The first kappa shape index (κ1) is 15.1. The number of hydrogen-bond acceptors (Lipinski definition) is 4. The summed E-state index contributed by atoms with van der Waals surface area (Å²) in [5.74, 6) is 0.493. The van der Waals surface area contributed by atoms with Crippen molar-refractivity contribution in [2.24, 2.45) is 0 Å². The number of rotatable bonds is 6. The Morgan fingerprint density at radius 2 is 2.33 bits per heavy atom. The van der Waals surface area contributed by atoms with Crippen LogP contribution in [-0.2, 0) is 0 Å². The number of thioether (sulfide) groups is 1. The summed E-state index contributed by atoms with van der Waals surface area (Å²) in [4.78, 5) is 16.1. The summed E-state index contributed by atoms with van der Waals surface area (Å²) in [6.45, 7) is 5.40. The third kappa shape index (κ3) is 4.38. The van der Waals surface area contributed by atoms with Gasteiger partial charge in [0.25, 0.3) is 5.91 Å². The number of carbonyl (C=O) groups is 1. The molecule has 0 fully saturated rings. The highest BCUT2D eigenvalue weighted by molar-refractivity contribution is 7.99. The van der Waals surface area contributed by atoms with Gasteiger partial charge in [0.05, 0.1) is 10.6 Å². The number of hydrogen-bond donors (Lipinski definition) is 2. The minimum Gasteiger partial charge on any atom is -0.370 e. The number of amides is 1. The number of aromatic nitrogens is 1. The predicted molar refractivity (Wildman–Crippen MR) is 78.7 cm³/mol. The van der Waals surface area contributed by atoms with Crippen LogP contribution in [0, 0.1) is 0 Å². The zero-order chi connectivity index (χ0) is 13.5. The van der Waals surface area contributed by atoms with E-state index in [1.165, 1.54) is 6.20 Å². The van der Waals surface area contributed by atoms with Crippen molar-refractivity contribution in [2.75, 3.05) is 24.7 Å². The zero-order valence-electron chi connectivity index (χ0n) is 10.8. The van der Waals surface area contributed by atoms with Crippen molar-refractivity contribution in [1.29, 1.82) is 0 Å². The number of nitrogens with one attached hydrogen (secondary N) is 2. The zero-order valence-corrected chi connectivity index (χ0v) is 12.4. The predicted octanol–water partition coefficient (Wildman–Crippen LogP) is 2.65. The Hall–Kier alpha value is -0.940. The standard InChI is InChI=1S/C12H18ClN3OS/c1-4-14-11-5-9(10(13)7-15-11)12(17)16-6-8(2)18-3/h5,7-8H,4,6H2,1-3H3,(H,14,15)(H,16,17). The Morgan fingerprint density at radius 1 is 1.61 bits per heavy atom. The molecule has 1 atom stereocenters. The van der Waals surface area contributed by atoms with E-state index in [0.29, 0.717) is 28.2 Å². The van der Waals surface area contributed by atoms with E-state index in [0.717, 1.165) is 6.54 Å².